The summed E-state index contributed by atoms with van der Waals surface area (Å²) < 4.78 is 0. The van der Waals surface area contributed by atoms with Crippen molar-refractivity contribution in [3.8, 4) is 0 Å². The molecule has 20 heavy (non-hydrogen) atoms. The Bertz CT molecular complexity index is 487. The van der Waals surface area contributed by atoms with Crippen molar-refractivity contribution in [3.63, 3.8) is 0 Å². The maximum atomic E-state index is 11.8. The molecule has 0 aliphatic heterocycles. The van der Waals surface area contributed by atoms with E-state index in [1.165, 1.54) is 18.9 Å². The lowest BCUT2D eigenvalue weighted by molar-refractivity contribution is -0.138. The fourth-order valence-electron chi connectivity index (χ4n) is 1.68. The highest BCUT2D eigenvalue weighted by Gasteiger charge is 2.19. The first kappa shape index (κ1) is 15.7. The van der Waals surface area contributed by atoms with E-state index in [0.29, 0.717) is 5.56 Å². The van der Waals surface area contributed by atoms with Crippen molar-refractivity contribution >= 4 is 17.8 Å². The average molecular weight is 278 g/mol. The summed E-state index contributed by atoms with van der Waals surface area (Å²) in [5, 5.41) is 11.5. The zero-order valence-electron chi connectivity index (χ0n) is 11.5. The number of aliphatic carboxylic acids is 1. The van der Waals surface area contributed by atoms with Crippen molar-refractivity contribution in [2.24, 2.45) is 0 Å². The van der Waals surface area contributed by atoms with Crippen molar-refractivity contribution < 1.29 is 19.5 Å². The fraction of sp³-hybridized carbons (Fsp3) is 0.357. The SMILES string of the molecule is CC(=O)N(C)CC(=O)NC(CC(=O)O)c1ccccc1. The number of carbonyl (C=O) groups excluding carboxylic acids is 2. The normalized spacial score (nSPS) is 11.5. The predicted octanol–water partition coefficient (Wildman–Crippen LogP) is 0.797. The summed E-state index contributed by atoms with van der Waals surface area (Å²) in [4.78, 5) is 35.0. The summed E-state index contributed by atoms with van der Waals surface area (Å²) in [6, 6.07) is 8.26. The summed E-state index contributed by atoms with van der Waals surface area (Å²) in [6.07, 6.45) is -0.209. The quantitative estimate of drug-likeness (QED) is 0.805. The number of nitrogens with one attached hydrogen (secondary N) is 1. The van der Waals surface area contributed by atoms with Crippen LogP contribution < -0.4 is 5.32 Å². The van der Waals surface area contributed by atoms with Gasteiger partial charge in [0.2, 0.25) is 11.8 Å². The summed E-state index contributed by atoms with van der Waals surface area (Å²) in [5.41, 5.74) is 0.716. The summed E-state index contributed by atoms with van der Waals surface area (Å²) in [5.74, 6) is -1.62. The van der Waals surface area contributed by atoms with Gasteiger partial charge in [0, 0.05) is 14.0 Å². The highest BCUT2D eigenvalue weighted by molar-refractivity contribution is 5.84. The van der Waals surface area contributed by atoms with E-state index in [1.54, 1.807) is 24.3 Å². The van der Waals surface area contributed by atoms with E-state index in [9.17, 15) is 14.4 Å². The van der Waals surface area contributed by atoms with Gasteiger partial charge in [0.15, 0.2) is 0 Å². The molecule has 1 unspecified atom stereocenters. The van der Waals surface area contributed by atoms with Crippen LogP contribution in [0.4, 0.5) is 0 Å². The molecule has 0 radical (unpaired) electrons. The van der Waals surface area contributed by atoms with Crippen LogP contribution in [0.25, 0.3) is 0 Å². The molecule has 0 fully saturated rings. The van der Waals surface area contributed by atoms with Crippen molar-refractivity contribution in [1.29, 1.82) is 0 Å². The summed E-state index contributed by atoms with van der Waals surface area (Å²) in [7, 11) is 1.51. The van der Waals surface area contributed by atoms with E-state index in [-0.39, 0.29) is 18.9 Å². The number of hydrogen-bond donors (Lipinski definition) is 2. The highest BCUT2D eigenvalue weighted by Crippen LogP contribution is 2.16. The van der Waals surface area contributed by atoms with E-state index >= 15 is 0 Å². The van der Waals surface area contributed by atoms with Crippen molar-refractivity contribution in [2.45, 2.75) is 19.4 Å². The van der Waals surface area contributed by atoms with Gasteiger partial charge in [-0.2, -0.15) is 0 Å². The van der Waals surface area contributed by atoms with Gasteiger partial charge in [-0.3, -0.25) is 14.4 Å². The minimum Gasteiger partial charge on any atom is -0.481 e. The lowest BCUT2D eigenvalue weighted by atomic mass is 10.0. The van der Waals surface area contributed by atoms with E-state index in [4.69, 9.17) is 5.11 Å². The van der Waals surface area contributed by atoms with Gasteiger partial charge >= 0.3 is 5.97 Å². The molecule has 0 bridgehead atoms. The van der Waals surface area contributed by atoms with Crippen molar-refractivity contribution in [3.05, 3.63) is 35.9 Å². The van der Waals surface area contributed by atoms with Crippen LogP contribution >= 0.6 is 0 Å². The van der Waals surface area contributed by atoms with Crippen molar-refractivity contribution in [1.82, 2.24) is 10.2 Å². The maximum absolute atomic E-state index is 11.8. The molecule has 1 rings (SSSR count). The maximum Gasteiger partial charge on any atom is 0.305 e. The molecule has 6 nitrogen and oxygen atoms in total. The van der Waals surface area contributed by atoms with Crippen LogP contribution in [0.1, 0.15) is 24.9 Å². The minimum absolute atomic E-state index is 0.0989. The van der Waals surface area contributed by atoms with Crippen LogP contribution in [0.3, 0.4) is 0 Å². The van der Waals surface area contributed by atoms with Gasteiger partial charge in [0.25, 0.3) is 0 Å². The van der Waals surface area contributed by atoms with Gasteiger partial charge in [-0.15, -0.1) is 0 Å². The number of likely N-dealkylation sites (N-methyl/N-ethyl adjacent to an activating group) is 1. The second-order valence-corrected chi connectivity index (χ2v) is 4.50. The van der Waals surface area contributed by atoms with Gasteiger partial charge in [0.1, 0.15) is 0 Å². The van der Waals surface area contributed by atoms with E-state index < -0.39 is 17.9 Å². The molecule has 0 aliphatic carbocycles. The summed E-state index contributed by atoms with van der Waals surface area (Å²) >= 11 is 0. The Morgan fingerprint density at radius 2 is 1.85 bits per heavy atom. The lowest BCUT2D eigenvalue weighted by Gasteiger charge is -2.20. The standard InChI is InChI=1S/C14H18N2O4/c1-10(17)16(2)9-13(18)15-12(8-14(19)20)11-6-4-3-5-7-11/h3-7,12H,8-9H2,1-2H3,(H,15,18)(H,19,20). The number of hydrogen-bond acceptors (Lipinski definition) is 3. The van der Waals surface area contributed by atoms with Gasteiger partial charge in [-0.1, -0.05) is 30.3 Å². The molecule has 0 aliphatic rings. The van der Waals surface area contributed by atoms with Gasteiger partial charge < -0.3 is 15.3 Å². The highest BCUT2D eigenvalue weighted by atomic mass is 16.4. The third-order valence-electron chi connectivity index (χ3n) is 2.83. The molecule has 2 N–H and O–H groups in total. The third-order valence-corrected chi connectivity index (χ3v) is 2.83. The van der Waals surface area contributed by atoms with Crippen LogP contribution in [0.5, 0.6) is 0 Å². The molecule has 2 amide bonds. The molecular weight excluding hydrogens is 260 g/mol. The molecular formula is C14H18N2O4. The number of rotatable bonds is 6. The molecule has 1 atom stereocenters. The zero-order chi connectivity index (χ0) is 15.1. The predicted molar refractivity (Wildman–Crippen MR) is 72.9 cm³/mol. The third kappa shape index (κ3) is 5.09. The van der Waals surface area contributed by atoms with Gasteiger partial charge in [0.05, 0.1) is 19.0 Å². The van der Waals surface area contributed by atoms with Crippen LogP contribution in [-0.4, -0.2) is 41.4 Å². The first-order valence-corrected chi connectivity index (χ1v) is 6.18. The molecule has 1 aromatic rings. The van der Waals surface area contributed by atoms with Crippen LogP contribution in [0.15, 0.2) is 30.3 Å². The topological polar surface area (TPSA) is 86.7 Å². The lowest BCUT2D eigenvalue weighted by Crippen LogP contribution is -2.39. The first-order valence-electron chi connectivity index (χ1n) is 6.18. The molecule has 0 spiro atoms. The molecule has 0 saturated carbocycles. The smallest absolute Gasteiger partial charge is 0.305 e. The Hall–Kier alpha value is -2.37. The molecule has 108 valence electrons. The fourth-order valence-corrected chi connectivity index (χ4v) is 1.68. The molecule has 0 saturated heterocycles. The van der Waals surface area contributed by atoms with E-state index in [0.717, 1.165) is 0 Å². The Labute approximate surface area is 117 Å². The van der Waals surface area contributed by atoms with Gasteiger partial charge in [-0.25, -0.2) is 0 Å². The monoisotopic (exact) mass is 278 g/mol. The van der Waals surface area contributed by atoms with Crippen LogP contribution in [0.2, 0.25) is 0 Å². The Morgan fingerprint density at radius 3 is 2.35 bits per heavy atom. The van der Waals surface area contributed by atoms with E-state index in [1.807, 2.05) is 6.07 Å². The largest absolute Gasteiger partial charge is 0.481 e. The second-order valence-electron chi connectivity index (χ2n) is 4.50. The number of carboxylic acids is 1. The number of nitrogens with zero attached hydrogens (tertiary/aromatic N) is 1. The van der Waals surface area contributed by atoms with Crippen molar-refractivity contribution in [2.75, 3.05) is 13.6 Å². The first-order chi connectivity index (χ1) is 9.40. The Kier molecular flexibility index (Phi) is 5.71. The number of carbonyl (C=O) groups is 3. The second kappa shape index (κ2) is 7.28. The Balaban J connectivity index is 2.73. The number of carboxylic acid groups (broad SMARTS) is 1. The van der Waals surface area contributed by atoms with E-state index in [2.05, 4.69) is 5.32 Å². The van der Waals surface area contributed by atoms with Gasteiger partial charge in [-0.05, 0) is 5.56 Å². The number of amides is 2. The molecule has 0 heterocycles. The molecule has 1 aromatic carbocycles. The minimum atomic E-state index is -1.00. The Morgan fingerprint density at radius 1 is 1.25 bits per heavy atom. The molecule has 6 heteroatoms. The zero-order valence-corrected chi connectivity index (χ0v) is 11.5. The molecule has 0 aromatic heterocycles. The van der Waals surface area contributed by atoms with Crippen LogP contribution in [0, 0.1) is 0 Å². The number of benzene rings is 1. The average Bonchev–Trinajstić information content (AvgIpc) is 2.38. The summed E-state index contributed by atoms with van der Waals surface area (Å²) in [6.45, 7) is 1.26. The van der Waals surface area contributed by atoms with Crippen LogP contribution in [-0.2, 0) is 14.4 Å².